The van der Waals surface area contributed by atoms with Gasteiger partial charge >= 0.3 is 0 Å². The van der Waals surface area contributed by atoms with Gasteiger partial charge in [-0.3, -0.25) is 4.79 Å². The number of nitrogens with one attached hydrogen (secondary N) is 1. The van der Waals surface area contributed by atoms with Crippen molar-refractivity contribution in [2.75, 3.05) is 6.54 Å². The molecule has 0 bridgehead atoms. The largest absolute Gasteiger partial charge is 0.356 e. The summed E-state index contributed by atoms with van der Waals surface area (Å²) in [6.07, 6.45) is 2.87. The summed E-state index contributed by atoms with van der Waals surface area (Å²) in [5, 5.41) is 4.38. The molecule has 1 N–H and O–H groups in total. The van der Waals surface area contributed by atoms with Crippen LogP contribution in [-0.2, 0) is 17.8 Å². The highest BCUT2D eigenvalue weighted by molar-refractivity contribution is 6.33. The van der Waals surface area contributed by atoms with Crippen LogP contribution >= 0.6 is 23.2 Å². The fourth-order valence-corrected chi connectivity index (χ4v) is 3.68. The van der Waals surface area contributed by atoms with E-state index in [2.05, 4.69) is 28.1 Å². The molecule has 1 aromatic heterocycles. The van der Waals surface area contributed by atoms with Crippen LogP contribution in [0.1, 0.15) is 29.8 Å². The van der Waals surface area contributed by atoms with Gasteiger partial charge in [-0.1, -0.05) is 29.3 Å². The van der Waals surface area contributed by atoms with Crippen molar-refractivity contribution < 1.29 is 4.79 Å². The number of nitrogens with zero attached hydrogens (tertiary/aromatic N) is 2. The first-order chi connectivity index (χ1) is 13.0. The molecule has 0 atom stereocenters. The molecule has 4 nitrogen and oxygen atoms in total. The Kier molecular flexibility index (Phi) is 5.11. The smallest absolute Gasteiger partial charge is 0.223 e. The molecule has 1 saturated carbocycles. The van der Waals surface area contributed by atoms with E-state index in [0.29, 0.717) is 23.1 Å². The van der Waals surface area contributed by atoms with Crippen LogP contribution < -0.4 is 5.32 Å². The lowest BCUT2D eigenvalue weighted by Gasteiger charge is -2.10. The Morgan fingerprint density at radius 2 is 2.04 bits per heavy atom. The first-order valence-corrected chi connectivity index (χ1v) is 9.94. The van der Waals surface area contributed by atoms with Crippen LogP contribution in [0.4, 0.5) is 0 Å². The highest BCUT2D eigenvalue weighted by atomic mass is 35.5. The van der Waals surface area contributed by atoms with Crippen molar-refractivity contribution in [3.8, 4) is 0 Å². The number of aromatic nitrogens is 2. The maximum atomic E-state index is 11.7. The predicted molar refractivity (Wildman–Crippen MR) is 109 cm³/mol. The van der Waals surface area contributed by atoms with E-state index in [1.165, 1.54) is 5.56 Å². The quantitative estimate of drug-likeness (QED) is 0.646. The summed E-state index contributed by atoms with van der Waals surface area (Å²) in [7, 11) is 0. The Labute approximate surface area is 168 Å². The van der Waals surface area contributed by atoms with Gasteiger partial charge in [-0.2, -0.15) is 0 Å². The Hall–Kier alpha value is -2.04. The van der Waals surface area contributed by atoms with Crippen LogP contribution in [0.15, 0.2) is 36.4 Å². The maximum Gasteiger partial charge on any atom is 0.223 e. The van der Waals surface area contributed by atoms with Crippen molar-refractivity contribution in [2.24, 2.45) is 5.92 Å². The van der Waals surface area contributed by atoms with Crippen molar-refractivity contribution >= 4 is 40.1 Å². The molecule has 1 amide bonds. The molecule has 3 aromatic rings. The topological polar surface area (TPSA) is 46.9 Å². The van der Waals surface area contributed by atoms with Crippen molar-refractivity contribution in [1.82, 2.24) is 14.9 Å². The summed E-state index contributed by atoms with van der Waals surface area (Å²) in [5.74, 6) is 1.37. The molecule has 1 aliphatic rings. The van der Waals surface area contributed by atoms with Gasteiger partial charge in [0.05, 0.1) is 17.6 Å². The van der Waals surface area contributed by atoms with Gasteiger partial charge in [0.2, 0.25) is 5.91 Å². The Bertz CT molecular complexity index is 1010. The SMILES string of the molecule is Cc1nc2cc(CCNC(=O)C3CC3)ccc2n1Cc1cc(Cl)ccc1Cl. The first kappa shape index (κ1) is 18.3. The van der Waals surface area contributed by atoms with Crippen molar-refractivity contribution in [2.45, 2.75) is 32.7 Å². The lowest BCUT2D eigenvalue weighted by atomic mass is 10.1. The van der Waals surface area contributed by atoms with E-state index in [1.54, 1.807) is 6.07 Å². The third kappa shape index (κ3) is 4.12. The van der Waals surface area contributed by atoms with Gasteiger partial charge < -0.3 is 9.88 Å². The molecule has 0 aliphatic heterocycles. The fourth-order valence-electron chi connectivity index (χ4n) is 3.31. The molecule has 0 saturated heterocycles. The lowest BCUT2D eigenvalue weighted by Crippen LogP contribution is -2.26. The summed E-state index contributed by atoms with van der Waals surface area (Å²) in [4.78, 5) is 16.4. The van der Waals surface area contributed by atoms with Crippen LogP contribution in [0.3, 0.4) is 0 Å². The third-order valence-electron chi connectivity index (χ3n) is 5.00. The summed E-state index contributed by atoms with van der Waals surface area (Å²) in [6, 6.07) is 11.8. The maximum absolute atomic E-state index is 11.7. The Morgan fingerprint density at radius 3 is 2.81 bits per heavy atom. The molecule has 6 heteroatoms. The van der Waals surface area contributed by atoms with E-state index in [9.17, 15) is 4.79 Å². The first-order valence-electron chi connectivity index (χ1n) is 9.18. The second kappa shape index (κ2) is 7.53. The molecule has 1 fully saturated rings. The number of carbonyl (C=O) groups is 1. The number of benzene rings is 2. The third-order valence-corrected chi connectivity index (χ3v) is 5.60. The van der Waals surface area contributed by atoms with Gasteiger partial charge in [0.15, 0.2) is 0 Å². The highest BCUT2D eigenvalue weighted by Gasteiger charge is 2.29. The molecular weight excluding hydrogens is 381 g/mol. The van der Waals surface area contributed by atoms with E-state index in [-0.39, 0.29) is 11.8 Å². The zero-order valence-electron chi connectivity index (χ0n) is 15.1. The Morgan fingerprint density at radius 1 is 1.22 bits per heavy atom. The standard InChI is InChI=1S/C21H21Cl2N3O/c1-13-25-19-10-14(8-9-24-21(27)15-3-4-15)2-7-20(19)26(13)12-16-11-17(22)5-6-18(16)23/h2,5-7,10-11,15H,3-4,8-9,12H2,1H3,(H,24,27). The molecule has 0 unspecified atom stereocenters. The predicted octanol–water partition coefficient (Wildman–Crippen LogP) is 4.77. The second-order valence-electron chi connectivity index (χ2n) is 7.12. The Balaban J connectivity index is 1.51. The number of hydrogen-bond acceptors (Lipinski definition) is 2. The average Bonchev–Trinajstić information content (AvgIpc) is 3.44. The molecule has 0 spiro atoms. The minimum Gasteiger partial charge on any atom is -0.356 e. The summed E-state index contributed by atoms with van der Waals surface area (Å²) >= 11 is 12.4. The molecule has 1 aliphatic carbocycles. The summed E-state index contributed by atoms with van der Waals surface area (Å²) in [6.45, 7) is 3.28. The van der Waals surface area contributed by atoms with E-state index >= 15 is 0 Å². The van der Waals surface area contributed by atoms with Crippen LogP contribution in [0.2, 0.25) is 10.0 Å². The minimum absolute atomic E-state index is 0.189. The fraction of sp³-hybridized carbons (Fsp3) is 0.333. The summed E-state index contributed by atoms with van der Waals surface area (Å²) < 4.78 is 2.14. The van der Waals surface area contributed by atoms with Gasteiger partial charge in [-0.15, -0.1) is 0 Å². The zero-order valence-corrected chi connectivity index (χ0v) is 16.6. The molecule has 27 heavy (non-hydrogen) atoms. The lowest BCUT2D eigenvalue weighted by molar-refractivity contribution is -0.122. The van der Waals surface area contributed by atoms with Crippen molar-refractivity contribution in [3.05, 3.63) is 63.4 Å². The minimum atomic E-state index is 0.189. The molecule has 2 aromatic carbocycles. The molecule has 140 valence electrons. The molecule has 1 heterocycles. The molecular formula is C21H21Cl2N3O. The molecule has 4 rings (SSSR count). The van der Waals surface area contributed by atoms with Gasteiger partial charge in [0.25, 0.3) is 0 Å². The number of imidazole rings is 1. The van der Waals surface area contributed by atoms with Gasteiger partial charge in [0.1, 0.15) is 5.82 Å². The van der Waals surface area contributed by atoms with E-state index < -0.39 is 0 Å². The number of halogens is 2. The van der Waals surface area contributed by atoms with Crippen LogP contribution in [0.25, 0.3) is 11.0 Å². The number of amides is 1. The second-order valence-corrected chi connectivity index (χ2v) is 7.96. The zero-order chi connectivity index (χ0) is 19.0. The van der Waals surface area contributed by atoms with Crippen molar-refractivity contribution in [3.63, 3.8) is 0 Å². The van der Waals surface area contributed by atoms with E-state index in [1.807, 2.05) is 19.1 Å². The normalized spacial score (nSPS) is 13.9. The van der Waals surface area contributed by atoms with Crippen molar-refractivity contribution in [1.29, 1.82) is 0 Å². The van der Waals surface area contributed by atoms with Crippen LogP contribution in [-0.4, -0.2) is 22.0 Å². The van der Waals surface area contributed by atoms with Gasteiger partial charge in [0, 0.05) is 22.5 Å². The highest BCUT2D eigenvalue weighted by Crippen LogP contribution is 2.28. The van der Waals surface area contributed by atoms with E-state index in [0.717, 1.165) is 41.7 Å². The van der Waals surface area contributed by atoms with Gasteiger partial charge in [-0.25, -0.2) is 4.98 Å². The number of carbonyl (C=O) groups excluding carboxylic acids is 1. The van der Waals surface area contributed by atoms with Gasteiger partial charge in [-0.05, 0) is 67.6 Å². The average molecular weight is 402 g/mol. The number of hydrogen-bond donors (Lipinski definition) is 1. The number of fused-ring (bicyclic) bond motifs is 1. The number of rotatable bonds is 6. The monoisotopic (exact) mass is 401 g/mol. The summed E-state index contributed by atoms with van der Waals surface area (Å²) in [5.41, 5.74) is 4.16. The molecule has 0 radical (unpaired) electrons. The van der Waals surface area contributed by atoms with Crippen LogP contribution in [0.5, 0.6) is 0 Å². The van der Waals surface area contributed by atoms with Crippen LogP contribution in [0, 0.1) is 12.8 Å². The number of aryl methyl sites for hydroxylation is 1. The van der Waals surface area contributed by atoms with E-state index in [4.69, 9.17) is 28.2 Å².